The minimum Gasteiger partial charge on any atom is -0.353 e. The van der Waals surface area contributed by atoms with Crippen molar-refractivity contribution in [2.24, 2.45) is 0 Å². The molecule has 122 valence electrons. The zero-order valence-electron chi connectivity index (χ0n) is 14.0. The second-order valence-electron chi connectivity index (χ2n) is 6.06. The lowest BCUT2D eigenvalue weighted by Crippen LogP contribution is -2.47. The van der Waals surface area contributed by atoms with E-state index in [0.717, 1.165) is 60.4 Å². The Bertz CT molecular complexity index is 870. The predicted molar refractivity (Wildman–Crippen MR) is 95.5 cm³/mol. The number of benzene rings is 1. The molecule has 0 bridgehead atoms. The van der Waals surface area contributed by atoms with Crippen LogP contribution in [0, 0.1) is 13.8 Å². The maximum Gasteiger partial charge on any atom is 0.150 e. The van der Waals surface area contributed by atoms with Crippen molar-refractivity contribution in [1.29, 1.82) is 0 Å². The molecule has 2 aromatic heterocycles. The number of hydrogen-bond donors (Lipinski definition) is 0. The molecule has 0 unspecified atom stereocenters. The van der Waals surface area contributed by atoms with Crippen LogP contribution in [-0.2, 0) is 0 Å². The number of fused-ring (bicyclic) bond motifs is 1. The summed E-state index contributed by atoms with van der Waals surface area (Å²) in [6.45, 7) is 7.63. The molecule has 1 fully saturated rings. The van der Waals surface area contributed by atoms with E-state index in [1.165, 1.54) is 0 Å². The van der Waals surface area contributed by atoms with Gasteiger partial charge in [0, 0.05) is 32.4 Å². The third kappa shape index (κ3) is 2.75. The molecule has 0 amide bonds. The Morgan fingerprint density at radius 1 is 0.792 bits per heavy atom. The van der Waals surface area contributed by atoms with Gasteiger partial charge in [0.2, 0.25) is 0 Å². The average molecular weight is 320 g/mol. The van der Waals surface area contributed by atoms with Crippen molar-refractivity contribution in [2.45, 2.75) is 13.8 Å². The van der Waals surface area contributed by atoms with Crippen LogP contribution in [0.2, 0.25) is 0 Å². The Labute approximate surface area is 141 Å². The molecule has 1 aliphatic rings. The minimum atomic E-state index is 0.811. The monoisotopic (exact) mass is 320 g/mol. The molecule has 24 heavy (non-hydrogen) atoms. The molecule has 6 nitrogen and oxygen atoms in total. The lowest BCUT2D eigenvalue weighted by atomic mass is 10.2. The van der Waals surface area contributed by atoms with Crippen LogP contribution >= 0.6 is 0 Å². The van der Waals surface area contributed by atoms with Gasteiger partial charge in [-0.15, -0.1) is 0 Å². The summed E-state index contributed by atoms with van der Waals surface area (Å²) >= 11 is 0. The number of para-hydroxylation sites is 2. The van der Waals surface area contributed by atoms with Crippen molar-refractivity contribution in [3.05, 3.63) is 48.0 Å². The van der Waals surface area contributed by atoms with Crippen LogP contribution < -0.4 is 9.80 Å². The summed E-state index contributed by atoms with van der Waals surface area (Å²) in [7, 11) is 0. The van der Waals surface area contributed by atoms with Crippen LogP contribution in [0.5, 0.6) is 0 Å². The van der Waals surface area contributed by atoms with Gasteiger partial charge in [0.1, 0.15) is 11.6 Å². The second-order valence-corrected chi connectivity index (χ2v) is 6.06. The minimum absolute atomic E-state index is 0.811. The molecule has 0 radical (unpaired) electrons. The van der Waals surface area contributed by atoms with Crippen LogP contribution in [0.3, 0.4) is 0 Å². The first-order valence-electron chi connectivity index (χ1n) is 8.23. The smallest absolute Gasteiger partial charge is 0.150 e. The number of piperazine rings is 1. The second kappa shape index (κ2) is 6.03. The largest absolute Gasteiger partial charge is 0.353 e. The van der Waals surface area contributed by atoms with Crippen LogP contribution in [0.1, 0.15) is 11.5 Å². The molecular formula is C18H20N6. The van der Waals surface area contributed by atoms with Gasteiger partial charge in [0.15, 0.2) is 5.82 Å². The summed E-state index contributed by atoms with van der Waals surface area (Å²) in [4.78, 5) is 22.8. The average Bonchev–Trinajstić information content (AvgIpc) is 2.61. The van der Waals surface area contributed by atoms with Crippen LogP contribution in [0.25, 0.3) is 11.0 Å². The van der Waals surface area contributed by atoms with Gasteiger partial charge in [-0.2, -0.15) is 0 Å². The Hall–Kier alpha value is -2.76. The predicted octanol–water partition coefficient (Wildman–Crippen LogP) is 2.36. The highest BCUT2D eigenvalue weighted by molar-refractivity contribution is 5.76. The third-order valence-electron chi connectivity index (χ3n) is 4.38. The quantitative estimate of drug-likeness (QED) is 0.722. The first-order valence-corrected chi connectivity index (χ1v) is 8.23. The fourth-order valence-electron chi connectivity index (χ4n) is 3.15. The summed E-state index contributed by atoms with van der Waals surface area (Å²) in [5, 5.41) is 0. The van der Waals surface area contributed by atoms with Crippen LogP contribution in [0.4, 0.5) is 11.6 Å². The maximum atomic E-state index is 4.83. The zero-order valence-corrected chi connectivity index (χ0v) is 14.0. The molecule has 0 aliphatic carbocycles. The van der Waals surface area contributed by atoms with Crippen molar-refractivity contribution < 1.29 is 0 Å². The normalized spacial score (nSPS) is 15.1. The molecule has 0 atom stereocenters. The van der Waals surface area contributed by atoms with Gasteiger partial charge in [-0.1, -0.05) is 12.1 Å². The van der Waals surface area contributed by atoms with Crippen molar-refractivity contribution in [2.75, 3.05) is 36.0 Å². The molecule has 4 rings (SSSR count). The van der Waals surface area contributed by atoms with Gasteiger partial charge in [-0.05, 0) is 32.0 Å². The number of rotatable bonds is 2. The maximum absolute atomic E-state index is 4.83. The molecule has 1 aliphatic heterocycles. The highest BCUT2D eigenvalue weighted by Gasteiger charge is 2.21. The Kier molecular flexibility index (Phi) is 3.72. The third-order valence-corrected chi connectivity index (χ3v) is 4.38. The van der Waals surface area contributed by atoms with E-state index in [9.17, 15) is 0 Å². The molecule has 0 N–H and O–H groups in total. The topological polar surface area (TPSA) is 58.0 Å². The van der Waals surface area contributed by atoms with Gasteiger partial charge in [0.25, 0.3) is 0 Å². The number of nitrogens with zero attached hydrogens (tertiary/aromatic N) is 6. The van der Waals surface area contributed by atoms with Crippen molar-refractivity contribution in [3.8, 4) is 0 Å². The van der Waals surface area contributed by atoms with Crippen LogP contribution in [-0.4, -0.2) is 46.1 Å². The molecular weight excluding hydrogens is 300 g/mol. The molecule has 1 saturated heterocycles. The van der Waals surface area contributed by atoms with Crippen LogP contribution in [0.15, 0.2) is 36.5 Å². The van der Waals surface area contributed by atoms with Crippen molar-refractivity contribution in [3.63, 3.8) is 0 Å². The number of aryl methyl sites for hydroxylation is 2. The summed E-state index contributed by atoms with van der Waals surface area (Å²) in [6.07, 6.45) is 1.82. The Balaban J connectivity index is 1.54. The van der Waals surface area contributed by atoms with E-state index in [0.29, 0.717) is 0 Å². The number of aromatic nitrogens is 4. The first-order chi connectivity index (χ1) is 11.7. The Morgan fingerprint density at radius 2 is 1.46 bits per heavy atom. The van der Waals surface area contributed by atoms with E-state index in [1.54, 1.807) is 0 Å². The van der Waals surface area contributed by atoms with Gasteiger partial charge in [0.05, 0.1) is 16.7 Å². The zero-order chi connectivity index (χ0) is 16.5. The van der Waals surface area contributed by atoms with E-state index in [-0.39, 0.29) is 0 Å². The van der Waals surface area contributed by atoms with Crippen molar-refractivity contribution in [1.82, 2.24) is 19.9 Å². The summed E-state index contributed by atoms with van der Waals surface area (Å²) < 4.78 is 0. The number of anilines is 2. The van der Waals surface area contributed by atoms with E-state index in [2.05, 4.69) is 19.8 Å². The summed E-state index contributed by atoms with van der Waals surface area (Å²) in [5.74, 6) is 2.81. The van der Waals surface area contributed by atoms with E-state index >= 15 is 0 Å². The molecule has 3 aromatic rings. The highest BCUT2D eigenvalue weighted by Crippen LogP contribution is 2.22. The van der Waals surface area contributed by atoms with E-state index in [4.69, 9.17) is 9.97 Å². The molecule has 3 heterocycles. The fourth-order valence-corrected chi connectivity index (χ4v) is 3.15. The summed E-state index contributed by atoms with van der Waals surface area (Å²) in [6, 6.07) is 10.0. The molecule has 0 spiro atoms. The fraction of sp³-hybridized carbons (Fsp3) is 0.333. The number of hydrogen-bond acceptors (Lipinski definition) is 6. The lowest BCUT2D eigenvalue weighted by molar-refractivity contribution is 0.638. The van der Waals surface area contributed by atoms with E-state index < -0.39 is 0 Å². The van der Waals surface area contributed by atoms with Gasteiger partial charge in [-0.25, -0.2) is 19.9 Å². The molecule has 0 saturated carbocycles. The molecule has 6 heteroatoms. The lowest BCUT2D eigenvalue weighted by Gasteiger charge is -2.36. The van der Waals surface area contributed by atoms with E-state index in [1.807, 2.05) is 50.4 Å². The standard InChI is InChI=1S/C18H20N6/c1-13-18(22-16-6-4-3-5-15(16)20-13)24-11-9-23(10-12-24)17-7-8-19-14(2)21-17/h3-8H,9-12H2,1-2H3. The van der Waals surface area contributed by atoms with Crippen molar-refractivity contribution >= 4 is 22.7 Å². The SMILES string of the molecule is Cc1nccc(N2CCN(c3nc4ccccc4nc3C)CC2)n1. The highest BCUT2D eigenvalue weighted by atomic mass is 15.3. The van der Waals surface area contributed by atoms with Gasteiger partial charge < -0.3 is 9.80 Å². The Morgan fingerprint density at radius 3 is 2.17 bits per heavy atom. The summed E-state index contributed by atoms with van der Waals surface area (Å²) in [5.41, 5.74) is 2.89. The van der Waals surface area contributed by atoms with Gasteiger partial charge in [-0.3, -0.25) is 0 Å². The molecule has 1 aromatic carbocycles. The van der Waals surface area contributed by atoms with Gasteiger partial charge >= 0.3 is 0 Å². The first kappa shape index (κ1) is 14.8.